The highest BCUT2D eigenvalue weighted by Crippen LogP contribution is 2.25. The zero-order chi connectivity index (χ0) is 12.1. The molecule has 5 heteroatoms. The molecule has 0 spiro atoms. The van der Waals surface area contributed by atoms with Gasteiger partial charge in [-0.05, 0) is 45.1 Å². The van der Waals surface area contributed by atoms with E-state index in [2.05, 4.69) is 17.6 Å². The van der Waals surface area contributed by atoms with E-state index in [9.17, 15) is 4.79 Å². The number of carbonyl (C=O) groups is 1. The van der Waals surface area contributed by atoms with E-state index in [-0.39, 0.29) is 23.7 Å². The van der Waals surface area contributed by atoms with Gasteiger partial charge in [0.15, 0.2) is 0 Å². The van der Waals surface area contributed by atoms with E-state index in [4.69, 9.17) is 4.74 Å². The standard InChI is InChI=1S/C13H24N2O2.ClH/c1-13(5-2-6-14-10-13)12(16)15-9-11-3-7-17-8-4-11;/h11,14H,2-10H2,1H3,(H,15,16);1H. The number of rotatable bonds is 3. The van der Waals surface area contributed by atoms with Crippen LogP contribution in [-0.2, 0) is 9.53 Å². The zero-order valence-electron chi connectivity index (χ0n) is 11.2. The summed E-state index contributed by atoms with van der Waals surface area (Å²) in [5, 5.41) is 6.44. The van der Waals surface area contributed by atoms with Gasteiger partial charge in [0, 0.05) is 26.3 Å². The van der Waals surface area contributed by atoms with Crippen molar-refractivity contribution in [3.05, 3.63) is 0 Å². The van der Waals surface area contributed by atoms with Crippen molar-refractivity contribution in [1.82, 2.24) is 10.6 Å². The van der Waals surface area contributed by atoms with Gasteiger partial charge in [0.1, 0.15) is 0 Å². The van der Waals surface area contributed by atoms with Crippen LogP contribution in [0.4, 0.5) is 0 Å². The Labute approximate surface area is 116 Å². The van der Waals surface area contributed by atoms with Gasteiger partial charge in [-0.15, -0.1) is 12.4 Å². The molecule has 2 fully saturated rings. The Balaban J connectivity index is 0.00000162. The number of halogens is 1. The van der Waals surface area contributed by atoms with Crippen LogP contribution < -0.4 is 10.6 Å². The van der Waals surface area contributed by atoms with Crippen LogP contribution >= 0.6 is 12.4 Å². The third kappa shape index (κ3) is 4.11. The number of amides is 1. The van der Waals surface area contributed by atoms with Crippen LogP contribution in [0.15, 0.2) is 0 Å². The summed E-state index contributed by atoms with van der Waals surface area (Å²) in [7, 11) is 0. The Morgan fingerprint density at radius 1 is 1.44 bits per heavy atom. The molecule has 2 heterocycles. The van der Waals surface area contributed by atoms with Gasteiger partial charge in [-0.3, -0.25) is 4.79 Å². The first kappa shape index (κ1) is 15.7. The van der Waals surface area contributed by atoms with Crippen molar-refractivity contribution in [3.8, 4) is 0 Å². The average molecular weight is 277 g/mol. The molecule has 0 aromatic heterocycles. The molecule has 2 aliphatic heterocycles. The molecule has 1 unspecified atom stereocenters. The smallest absolute Gasteiger partial charge is 0.227 e. The summed E-state index contributed by atoms with van der Waals surface area (Å²) in [6.07, 6.45) is 4.26. The van der Waals surface area contributed by atoms with E-state index in [1.807, 2.05) is 0 Å². The lowest BCUT2D eigenvalue weighted by Crippen LogP contribution is -2.49. The molecule has 2 N–H and O–H groups in total. The summed E-state index contributed by atoms with van der Waals surface area (Å²) in [5.74, 6) is 0.823. The SMILES string of the molecule is CC1(C(=O)NCC2CCOCC2)CCCNC1.Cl. The molecule has 0 saturated carbocycles. The second-order valence-electron chi connectivity index (χ2n) is 5.61. The summed E-state index contributed by atoms with van der Waals surface area (Å²) >= 11 is 0. The lowest BCUT2D eigenvalue weighted by atomic mass is 9.82. The van der Waals surface area contributed by atoms with Gasteiger partial charge in [0.25, 0.3) is 0 Å². The number of carbonyl (C=O) groups excluding carboxylic acids is 1. The van der Waals surface area contributed by atoms with Crippen LogP contribution in [0.25, 0.3) is 0 Å². The fourth-order valence-electron chi connectivity index (χ4n) is 2.65. The van der Waals surface area contributed by atoms with Crippen LogP contribution in [0.3, 0.4) is 0 Å². The van der Waals surface area contributed by atoms with Crippen LogP contribution in [0.1, 0.15) is 32.6 Å². The lowest BCUT2D eigenvalue weighted by molar-refractivity contribution is -0.131. The zero-order valence-corrected chi connectivity index (χ0v) is 12.0. The molecule has 4 nitrogen and oxygen atoms in total. The predicted octanol–water partition coefficient (Wildman–Crippen LogP) is 1.34. The minimum Gasteiger partial charge on any atom is -0.381 e. The number of hydrogen-bond donors (Lipinski definition) is 2. The number of nitrogens with one attached hydrogen (secondary N) is 2. The third-order valence-electron chi connectivity index (χ3n) is 4.04. The predicted molar refractivity (Wildman–Crippen MR) is 74.0 cm³/mol. The first-order valence-electron chi connectivity index (χ1n) is 6.77. The first-order chi connectivity index (χ1) is 8.21. The number of ether oxygens (including phenoxy) is 1. The topological polar surface area (TPSA) is 50.4 Å². The number of piperidine rings is 1. The molecule has 18 heavy (non-hydrogen) atoms. The quantitative estimate of drug-likeness (QED) is 0.818. The normalized spacial score (nSPS) is 29.4. The van der Waals surface area contributed by atoms with Crippen LogP contribution in [-0.4, -0.2) is 38.8 Å². The molecule has 106 valence electrons. The highest BCUT2D eigenvalue weighted by atomic mass is 35.5. The molecular formula is C13H25ClN2O2. The summed E-state index contributed by atoms with van der Waals surface area (Å²) in [5.41, 5.74) is -0.205. The van der Waals surface area contributed by atoms with Gasteiger partial charge in [0.2, 0.25) is 5.91 Å². The van der Waals surface area contributed by atoms with Crippen molar-refractivity contribution in [2.45, 2.75) is 32.6 Å². The molecule has 0 aromatic rings. The fourth-order valence-corrected chi connectivity index (χ4v) is 2.65. The average Bonchev–Trinajstić information content (AvgIpc) is 2.38. The minimum absolute atomic E-state index is 0. The largest absolute Gasteiger partial charge is 0.381 e. The molecule has 0 aromatic carbocycles. The maximum atomic E-state index is 12.2. The van der Waals surface area contributed by atoms with E-state index in [1.165, 1.54) is 0 Å². The van der Waals surface area contributed by atoms with E-state index >= 15 is 0 Å². The van der Waals surface area contributed by atoms with Gasteiger partial charge in [-0.2, -0.15) is 0 Å². The fraction of sp³-hybridized carbons (Fsp3) is 0.923. The summed E-state index contributed by atoms with van der Waals surface area (Å²) in [6.45, 7) is 6.43. The van der Waals surface area contributed by atoms with Crippen molar-refractivity contribution in [2.75, 3.05) is 32.8 Å². The molecule has 2 aliphatic rings. The van der Waals surface area contributed by atoms with Gasteiger partial charge in [0.05, 0.1) is 5.41 Å². The van der Waals surface area contributed by atoms with E-state index in [1.54, 1.807) is 0 Å². The van der Waals surface area contributed by atoms with Crippen LogP contribution in [0.5, 0.6) is 0 Å². The van der Waals surface area contributed by atoms with Crippen LogP contribution in [0, 0.1) is 11.3 Å². The third-order valence-corrected chi connectivity index (χ3v) is 4.04. The van der Waals surface area contributed by atoms with Crippen molar-refractivity contribution in [1.29, 1.82) is 0 Å². The Kier molecular flexibility index (Phi) is 6.39. The van der Waals surface area contributed by atoms with Crippen molar-refractivity contribution in [3.63, 3.8) is 0 Å². The highest BCUT2D eigenvalue weighted by Gasteiger charge is 2.34. The first-order valence-corrected chi connectivity index (χ1v) is 6.77. The van der Waals surface area contributed by atoms with E-state index in [0.29, 0.717) is 5.92 Å². The van der Waals surface area contributed by atoms with E-state index < -0.39 is 0 Å². The Morgan fingerprint density at radius 2 is 2.17 bits per heavy atom. The summed E-state index contributed by atoms with van der Waals surface area (Å²) in [6, 6.07) is 0. The Morgan fingerprint density at radius 3 is 2.78 bits per heavy atom. The monoisotopic (exact) mass is 276 g/mol. The maximum Gasteiger partial charge on any atom is 0.227 e. The van der Waals surface area contributed by atoms with E-state index in [0.717, 1.165) is 58.5 Å². The van der Waals surface area contributed by atoms with Gasteiger partial charge >= 0.3 is 0 Å². The Bertz CT molecular complexity index is 262. The summed E-state index contributed by atoms with van der Waals surface area (Å²) in [4.78, 5) is 12.2. The molecule has 2 saturated heterocycles. The molecule has 1 amide bonds. The number of hydrogen-bond acceptors (Lipinski definition) is 3. The molecule has 0 aliphatic carbocycles. The molecule has 0 bridgehead atoms. The summed E-state index contributed by atoms with van der Waals surface area (Å²) < 4.78 is 5.32. The van der Waals surface area contributed by atoms with Gasteiger partial charge in [-0.1, -0.05) is 0 Å². The minimum atomic E-state index is -0.205. The lowest BCUT2D eigenvalue weighted by Gasteiger charge is -2.33. The second kappa shape index (κ2) is 7.31. The van der Waals surface area contributed by atoms with Crippen molar-refractivity contribution < 1.29 is 9.53 Å². The maximum absolute atomic E-state index is 12.2. The van der Waals surface area contributed by atoms with Gasteiger partial charge < -0.3 is 15.4 Å². The molecular weight excluding hydrogens is 252 g/mol. The highest BCUT2D eigenvalue weighted by molar-refractivity contribution is 5.85. The second-order valence-corrected chi connectivity index (χ2v) is 5.61. The molecule has 2 rings (SSSR count). The Hall–Kier alpha value is -0.320. The molecule has 1 atom stereocenters. The van der Waals surface area contributed by atoms with Crippen LogP contribution in [0.2, 0.25) is 0 Å². The van der Waals surface area contributed by atoms with Crippen molar-refractivity contribution >= 4 is 18.3 Å². The van der Waals surface area contributed by atoms with Crippen molar-refractivity contribution in [2.24, 2.45) is 11.3 Å². The van der Waals surface area contributed by atoms with Gasteiger partial charge in [-0.25, -0.2) is 0 Å². The molecule has 0 radical (unpaired) electrons.